The molecule has 2 aromatic rings. The van der Waals surface area contributed by atoms with Crippen LogP contribution in [-0.2, 0) is 14.3 Å². The molecule has 2 aromatic carbocycles. The van der Waals surface area contributed by atoms with E-state index in [0.717, 1.165) is 17.5 Å². The van der Waals surface area contributed by atoms with Gasteiger partial charge in [-0.15, -0.1) is 0 Å². The maximum absolute atomic E-state index is 12.4. The Morgan fingerprint density at radius 1 is 0.970 bits per heavy atom. The maximum Gasteiger partial charge on any atom is 0.407 e. The molecule has 3 rings (SSSR count). The van der Waals surface area contributed by atoms with Crippen LogP contribution in [0, 0.1) is 0 Å². The van der Waals surface area contributed by atoms with E-state index in [9.17, 15) is 14.4 Å². The van der Waals surface area contributed by atoms with Crippen molar-refractivity contribution in [3.63, 3.8) is 0 Å². The molecule has 0 radical (unpaired) electrons. The number of carboxylic acid groups (broad SMARTS) is 1. The van der Waals surface area contributed by atoms with Gasteiger partial charge in [-0.2, -0.15) is 0 Å². The van der Waals surface area contributed by atoms with Crippen LogP contribution in [-0.4, -0.2) is 41.8 Å². The molecule has 1 aliphatic carbocycles. The first-order valence-corrected chi connectivity index (χ1v) is 11.5. The van der Waals surface area contributed by atoms with E-state index in [1.807, 2.05) is 38.1 Å². The quantitative estimate of drug-likeness (QED) is 0.467. The molecule has 1 unspecified atom stereocenters. The summed E-state index contributed by atoms with van der Waals surface area (Å²) in [7, 11) is 0. The van der Waals surface area contributed by atoms with Crippen LogP contribution in [0.3, 0.4) is 0 Å². The van der Waals surface area contributed by atoms with Crippen LogP contribution in [0.4, 0.5) is 4.79 Å². The zero-order chi connectivity index (χ0) is 23.8. The second kappa shape index (κ2) is 11.5. The lowest BCUT2D eigenvalue weighted by Crippen LogP contribution is -2.38. The van der Waals surface area contributed by atoms with Crippen molar-refractivity contribution in [2.75, 3.05) is 6.61 Å². The highest BCUT2D eigenvalue weighted by atomic mass is 16.5. The van der Waals surface area contributed by atoms with E-state index in [1.54, 1.807) is 0 Å². The van der Waals surface area contributed by atoms with Gasteiger partial charge in [0.1, 0.15) is 6.61 Å². The average molecular weight is 453 g/mol. The minimum absolute atomic E-state index is 0.00559. The van der Waals surface area contributed by atoms with Gasteiger partial charge in [0.05, 0.1) is 6.42 Å². The number of hydrogen-bond donors (Lipinski definition) is 3. The first-order valence-electron chi connectivity index (χ1n) is 11.5. The van der Waals surface area contributed by atoms with Crippen LogP contribution in [0.5, 0.6) is 0 Å². The second-order valence-corrected chi connectivity index (χ2v) is 8.56. The summed E-state index contributed by atoms with van der Waals surface area (Å²) >= 11 is 0. The summed E-state index contributed by atoms with van der Waals surface area (Å²) in [4.78, 5) is 35.5. The van der Waals surface area contributed by atoms with Crippen LogP contribution in [0.15, 0.2) is 48.5 Å². The van der Waals surface area contributed by atoms with Crippen LogP contribution in [0.2, 0.25) is 0 Å². The van der Waals surface area contributed by atoms with Crippen molar-refractivity contribution in [2.24, 2.45) is 0 Å². The van der Waals surface area contributed by atoms with Crippen molar-refractivity contribution in [3.8, 4) is 11.1 Å². The molecule has 0 spiro atoms. The Morgan fingerprint density at radius 3 is 2.15 bits per heavy atom. The Hall–Kier alpha value is -3.35. The van der Waals surface area contributed by atoms with Gasteiger partial charge >= 0.3 is 12.1 Å². The smallest absolute Gasteiger partial charge is 0.407 e. The number of nitrogens with one attached hydrogen (secondary N) is 2. The zero-order valence-corrected chi connectivity index (χ0v) is 19.2. The van der Waals surface area contributed by atoms with Crippen molar-refractivity contribution in [3.05, 3.63) is 59.7 Å². The number of carbonyl (C=O) groups excluding carboxylic acids is 2. The lowest BCUT2D eigenvalue weighted by molar-refractivity contribution is -0.137. The standard InChI is InChI=1S/C26H32N2O5/c1-3-8-18(15-25(30)31)28-24(29)14-13-17(2)27-26(32)33-16-23-21-11-6-4-9-19(21)20-10-5-7-12-22(20)23/h4-7,9-12,17-18,23H,3,8,13-16H2,1-2H3,(H,27,32)(H,28,29)(H,30,31)/t17?,18-/m0/s1. The largest absolute Gasteiger partial charge is 0.481 e. The topological polar surface area (TPSA) is 105 Å². The predicted octanol–water partition coefficient (Wildman–Crippen LogP) is 4.45. The summed E-state index contributed by atoms with van der Waals surface area (Å²) in [5.41, 5.74) is 4.65. The molecule has 7 heteroatoms. The highest BCUT2D eigenvalue weighted by Crippen LogP contribution is 2.44. The summed E-state index contributed by atoms with van der Waals surface area (Å²) in [5, 5.41) is 14.5. The molecule has 0 aromatic heterocycles. The number of ether oxygens (including phenoxy) is 1. The molecule has 1 aliphatic rings. The normalized spacial score (nSPS) is 14.0. The van der Waals surface area contributed by atoms with Crippen LogP contribution >= 0.6 is 0 Å². The monoisotopic (exact) mass is 452 g/mol. The molecule has 7 nitrogen and oxygen atoms in total. The van der Waals surface area contributed by atoms with Crippen molar-refractivity contribution in [1.82, 2.24) is 10.6 Å². The fraction of sp³-hybridized carbons (Fsp3) is 0.423. The van der Waals surface area contributed by atoms with E-state index >= 15 is 0 Å². The van der Waals surface area contributed by atoms with Gasteiger partial charge in [-0.1, -0.05) is 61.9 Å². The zero-order valence-electron chi connectivity index (χ0n) is 19.2. The Labute approximate surface area is 194 Å². The molecule has 2 atom stereocenters. The van der Waals surface area contributed by atoms with E-state index in [4.69, 9.17) is 9.84 Å². The Bertz CT molecular complexity index is 945. The number of benzene rings is 2. The van der Waals surface area contributed by atoms with Gasteiger partial charge in [-0.3, -0.25) is 9.59 Å². The number of hydrogen-bond acceptors (Lipinski definition) is 4. The first kappa shape index (κ1) is 24.3. The fourth-order valence-corrected chi connectivity index (χ4v) is 4.35. The summed E-state index contributed by atoms with van der Waals surface area (Å²) in [6.45, 7) is 4.00. The molecule has 0 saturated carbocycles. The van der Waals surface area contributed by atoms with Crippen LogP contribution in [0.25, 0.3) is 11.1 Å². The minimum atomic E-state index is -0.931. The minimum Gasteiger partial charge on any atom is -0.481 e. The molecule has 33 heavy (non-hydrogen) atoms. The van der Waals surface area contributed by atoms with E-state index in [0.29, 0.717) is 12.8 Å². The highest BCUT2D eigenvalue weighted by molar-refractivity contribution is 5.79. The summed E-state index contributed by atoms with van der Waals surface area (Å²) in [6, 6.07) is 15.7. The Balaban J connectivity index is 1.46. The van der Waals surface area contributed by atoms with Crippen LogP contribution in [0.1, 0.15) is 63.0 Å². The van der Waals surface area contributed by atoms with E-state index < -0.39 is 12.1 Å². The third-order valence-electron chi connectivity index (χ3n) is 5.94. The number of amides is 2. The van der Waals surface area contributed by atoms with Crippen LogP contribution < -0.4 is 10.6 Å². The Morgan fingerprint density at radius 2 is 1.58 bits per heavy atom. The molecule has 0 aliphatic heterocycles. The van der Waals surface area contributed by atoms with Gasteiger partial charge in [-0.25, -0.2) is 4.79 Å². The molecular formula is C26H32N2O5. The molecular weight excluding hydrogens is 420 g/mol. The van der Waals surface area contributed by atoms with E-state index in [-0.39, 0.29) is 43.4 Å². The van der Waals surface area contributed by atoms with Crippen molar-refractivity contribution < 1.29 is 24.2 Å². The first-order chi connectivity index (χ1) is 15.9. The van der Waals surface area contributed by atoms with Crippen molar-refractivity contribution in [2.45, 2.75) is 64.0 Å². The third-order valence-corrected chi connectivity index (χ3v) is 5.94. The third kappa shape index (κ3) is 6.57. The molecule has 3 N–H and O–H groups in total. The number of aliphatic carboxylic acids is 1. The lowest BCUT2D eigenvalue weighted by atomic mass is 9.98. The molecule has 0 saturated heterocycles. The maximum atomic E-state index is 12.4. The number of alkyl carbamates (subject to hydrolysis) is 1. The fourth-order valence-electron chi connectivity index (χ4n) is 4.35. The number of fused-ring (bicyclic) bond motifs is 3. The number of carboxylic acids is 1. The molecule has 0 fully saturated rings. The summed E-state index contributed by atoms with van der Waals surface area (Å²) in [6.07, 6.45) is 1.43. The predicted molar refractivity (Wildman–Crippen MR) is 126 cm³/mol. The van der Waals surface area contributed by atoms with Gasteiger partial charge in [0.2, 0.25) is 5.91 Å². The highest BCUT2D eigenvalue weighted by Gasteiger charge is 2.29. The van der Waals surface area contributed by atoms with Crippen molar-refractivity contribution in [1.29, 1.82) is 0 Å². The number of carbonyl (C=O) groups is 3. The van der Waals surface area contributed by atoms with Gasteiger partial charge in [0.15, 0.2) is 0 Å². The Kier molecular flexibility index (Phi) is 8.46. The van der Waals surface area contributed by atoms with Gasteiger partial charge in [-0.05, 0) is 42.0 Å². The van der Waals surface area contributed by atoms with Crippen molar-refractivity contribution >= 4 is 18.0 Å². The molecule has 2 amide bonds. The number of rotatable bonds is 11. The second-order valence-electron chi connectivity index (χ2n) is 8.56. The molecule has 0 bridgehead atoms. The van der Waals surface area contributed by atoms with Gasteiger partial charge < -0.3 is 20.5 Å². The molecule has 0 heterocycles. The average Bonchev–Trinajstić information content (AvgIpc) is 3.10. The summed E-state index contributed by atoms with van der Waals surface area (Å²) in [5.74, 6) is -1.15. The summed E-state index contributed by atoms with van der Waals surface area (Å²) < 4.78 is 5.54. The molecule has 176 valence electrons. The van der Waals surface area contributed by atoms with Gasteiger partial charge in [0.25, 0.3) is 0 Å². The lowest BCUT2D eigenvalue weighted by Gasteiger charge is -2.18. The van der Waals surface area contributed by atoms with E-state index in [2.05, 4.69) is 34.9 Å². The van der Waals surface area contributed by atoms with Gasteiger partial charge in [0, 0.05) is 24.4 Å². The SMILES string of the molecule is CCC[C@@H](CC(=O)O)NC(=O)CCC(C)NC(=O)OCC1c2ccccc2-c2ccccc21. The van der Waals surface area contributed by atoms with E-state index in [1.165, 1.54) is 11.1 Å².